The molecule has 1 saturated heterocycles. The Labute approximate surface area is 189 Å². The van der Waals surface area contributed by atoms with Crippen molar-refractivity contribution in [3.8, 4) is 11.1 Å². The van der Waals surface area contributed by atoms with Crippen LogP contribution < -0.4 is 0 Å². The van der Waals surface area contributed by atoms with Crippen LogP contribution in [0, 0.1) is 0 Å². The molecule has 2 aromatic rings. The smallest absolute Gasteiger partial charge is 0.413 e. The van der Waals surface area contributed by atoms with Crippen molar-refractivity contribution < 1.29 is 23.8 Å². The van der Waals surface area contributed by atoms with Crippen molar-refractivity contribution in [2.45, 2.75) is 70.9 Å². The zero-order chi connectivity index (χ0) is 23.3. The summed E-state index contributed by atoms with van der Waals surface area (Å²) in [6, 6.07) is 15.5. The predicted octanol–water partition coefficient (Wildman–Crippen LogP) is 5.10. The molecule has 1 aliphatic heterocycles. The number of hydrogen-bond acceptors (Lipinski definition) is 5. The van der Waals surface area contributed by atoms with Gasteiger partial charge in [0.15, 0.2) is 6.04 Å². The molecule has 0 aromatic heterocycles. The average molecular weight is 438 g/mol. The molecule has 2 atom stereocenters. The number of benzene rings is 2. The average Bonchev–Trinajstić information content (AvgIpc) is 3.15. The number of carbonyl (C=O) groups excluding carboxylic acids is 2. The van der Waals surface area contributed by atoms with E-state index in [4.69, 9.17) is 14.2 Å². The molecule has 0 spiro atoms. The molecular formula is C26H31NO5. The van der Waals surface area contributed by atoms with Crippen molar-refractivity contribution in [2.24, 2.45) is 0 Å². The summed E-state index contributed by atoms with van der Waals surface area (Å²) in [6.45, 7) is 10.9. The van der Waals surface area contributed by atoms with Gasteiger partial charge in [0.25, 0.3) is 0 Å². The second-order valence-corrected chi connectivity index (χ2v) is 9.92. The van der Waals surface area contributed by atoms with Crippen LogP contribution in [0.25, 0.3) is 11.1 Å². The lowest BCUT2D eigenvalue weighted by atomic mass is 9.98. The number of carbonyl (C=O) groups is 2. The molecule has 2 aromatic carbocycles. The van der Waals surface area contributed by atoms with Crippen molar-refractivity contribution in [2.75, 3.05) is 6.61 Å². The van der Waals surface area contributed by atoms with Crippen LogP contribution in [0.3, 0.4) is 0 Å². The van der Waals surface area contributed by atoms with Gasteiger partial charge in [0, 0.05) is 5.92 Å². The first-order valence-electron chi connectivity index (χ1n) is 11.0. The van der Waals surface area contributed by atoms with Crippen LogP contribution in [0.4, 0.5) is 4.79 Å². The van der Waals surface area contributed by atoms with Crippen LogP contribution in [-0.2, 0) is 19.0 Å². The Balaban J connectivity index is 1.55. The maximum Gasteiger partial charge on any atom is 0.413 e. The van der Waals surface area contributed by atoms with Crippen LogP contribution in [-0.4, -0.2) is 47.0 Å². The molecule has 1 heterocycles. The van der Waals surface area contributed by atoms with Crippen molar-refractivity contribution in [3.05, 3.63) is 59.7 Å². The summed E-state index contributed by atoms with van der Waals surface area (Å²) in [6.07, 6.45) is -1.11. The lowest BCUT2D eigenvalue weighted by Gasteiger charge is -2.34. The van der Waals surface area contributed by atoms with E-state index in [0.29, 0.717) is 0 Å². The van der Waals surface area contributed by atoms with Gasteiger partial charge < -0.3 is 14.2 Å². The van der Waals surface area contributed by atoms with Crippen LogP contribution in [0.5, 0.6) is 0 Å². The first kappa shape index (κ1) is 22.3. The van der Waals surface area contributed by atoms with Gasteiger partial charge in [-0.1, -0.05) is 48.5 Å². The van der Waals surface area contributed by atoms with E-state index in [2.05, 4.69) is 24.3 Å². The number of rotatable bonds is 3. The van der Waals surface area contributed by atoms with Gasteiger partial charge in [-0.2, -0.15) is 0 Å². The molecule has 0 N–H and O–H groups in total. The number of hydrogen-bond donors (Lipinski definition) is 0. The molecule has 1 aliphatic carbocycles. The molecular weight excluding hydrogens is 406 g/mol. The van der Waals surface area contributed by atoms with Crippen LogP contribution in [0.1, 0.15) is 58.6 Å². The quantitative estimate of drug-likeness (QED) is 0.625. The van der Waals surface area contributed by atoms with Gasteiger partial charge >= 0.3 is 12.1 Å². The van der Waals surface area contributed by atoms with E-state index in [0.717, 1.165) is 11.1 Å². The Hall–Kier alpha value is -2.86. The molecule has 32 heavy (non-hydrogen) atoms. The van der Waals surface area contributed by atoms with Gasteiger partial charge in [-0.3, -0.25) is 4.90 Å². The fourth-order valence-electron chi connectivity index (χ4n) is 4.75. The molecule has 0 bridgehead atoms. The SMILES string of the molecule is C[C@H]1OC(C)(C)N(C(=O)OC(C)(C)C)[C@@H]1C(=O)OCC1c2ccccc2-c2ccccc21. The summed E-state index contributed by atoms with van der Waals surface area (Å²) in [4.78, 5) is 27.6. The van der Waals surface area contributed by atoms with E-state index in [-0.39, 0.29) is 12.5 Å². The van der Waals surface area contributed by atoms with E-state index >= 15 is 0 Å². The topological polar surface area (TPSA) is 65.1 Å². The summed E-state index contributed by atoms with van der Waals surface area (Å²) in [5.41, 5.74) is 2.93. The highest BCUT2D eigenvalue weighted by molar-refractivity contribution is 5.84. The molecule has 1 amide bonds. The van der Waals surface area contributed by atoms with Crippen molar-refractivity contribution in [1.29, 1.82) is 0 Å². The van der Waals surface area contributed by atoms with E-state index in [1.165, 1.54) is 16.0 Å². The zero-order valence-corrected chi connectivity index (χ0v) is 19.5. The Morgan fingerprint density at radius 3 is 2.06 bits per heavy atom. The van der Waals surface area contributed by atoms with Gasteiger partial charge in [0.05, 0.1) is 6.10 Å². The Morgan fingerprint density at radius 2 is 1.53 bits per heavy atom. The minimum absolute atomic E-state index is 0.0491. The normalized spacial score (nSPS) is 21.8. The van der Waals surface area contributed by atoms with Crippen LogP contribution >= 0.6 is 0 Å². The number of ether oxygens (including phenoxy) is 3. The summed E-state index contributed by atoms with van der Waals surface area (Å²) in [5, 5.41) is 0. The highest BCUT2D eigenvalue weighted by Gasteiger charge is 2.53. The molecule has 170 valence electrons. The van der Waals surface area contributed by atoms with Crippen LogP contribution in [0.15, 0.2) is 48.5 Å². The summed E-state index contributed by atoms with van der Waals surface area (Å²) in [7, 11) is 0. The number of esters is 1. The van der Waals surface area contributed by atoms with Crippen molar-refractivity contribution in [1.82, 2.24) is 4.90 Å². The molecule has 2 aliphatic rings. The number of fused-ring (bicyclic) bond motifs is 3. The largest absolute Gasteiger partial charge is 0.463 e. The fraction of sp³-hybridized carbons (Fsp3) is 0.462. The molecule has 1 fully saturated rings. The van der Waals surface area contributed by atoms with Gasteiger partial charge in [-0.25, -0.2) is 9.59 Å². The fourth-order valence-corrected chi connectivity index (χ4v) is 4.75. The molecule has 0 radical (unpaired) electrons. The minimum atomic E-state index is -0.988. The third kappa shape index (κ3) is 3.99. The Kier molecular flexibility index (Phi) is 5.53. The number of nitrogens with zero attached hydrogens (tertiary/aromatic N) is 1. The standard InChI is InChI=1S/C26H31NO5/c1-16-22(27(26(5,6)31-16)24(29)32-25(2,3)4)23(28)30-15-21-19-13-9-7-11-17(19)18-12-8-10-14-20(18)21/h7-14,16,21-22H,15H2,1-6H3/t16-,22+/m1/s1. The van der Waals surface area contributed by atoms with E-state index in [1.54, 1.807) is 41.5 Å². The summed E-state index contributed by atoms with van der Waals surface area (Å²) in [5.74, 6) is -0.539. The van der Waals surface area contributed by atoms with Gasteiger partial charge in [0.1, 0.15) is 17.9 Å². The molecule has 0 unspecified atom stereocenters. The van der Waals surface area contributed by atoms with Gasteiger partial charge in [-0.15, -0.1) is 0 Å². The van der Waals surface area contributed by atoms with E-state index in [1.807, 2.05) is 24.3 Å². The maximum absolute atomic E-state index is 13.3. The Bertz CT molecular complexity index is 993. The maximum atomic E-state index is 13.3. The van der Waals surface area contributed by atoms with Crippen molar-refractivity contribution in [3.63, 3.8) is 0 Å². The third-order valence-electron chi connectivity index (χ3n) is 5.96. The lowest BCUT2D eigenvalue weighted by molar-refractivity contribution is -0.150. The Morgan fingerprint density at radius 1 is 1.00 bits per heavy atom. The molecule has 0 saturated carbocycles. The highest BCUT2D eigenvalue weighted by Crippen LogP contribution is 2.44. The molecule has 6 heteroatoms. The molecule has 6 nitrogen and oxygen atoms in total. The first-order chi connectivity index (χ1) is 15.0. The summed E-state index contributed by atoms with van der Waals surface area (Å²) >= 11 is 0. The zero-order valence-electron chi connectivity index (χ0n) is 19.5. The number of amides is 1. The predicted molar refractivity (Wildman–Crippen MR) is 121 cm³/mol. The minimum Gasteiger partial charge on any atom is -0.463 e. The van der Waals surface area contributed by atoms with Gasteiger partial charge in [0.2, 0.25) is 0 Å². The van der Waals surface area contributed by atoms with Crippen LogP contribution in [0.2, 0.25) is 0 Å². The van der Waals surface area contributed by atoms with Crippen molar-refractivity contribution >= 4 is 12.1 Å². The van der Waals surface area contributed by atoms with E-state index < -0.39 is 35.5 Å². The summed E-state index contributed by atoms with van der Waals surface area (Å²) < 4.78 is 17.3. The first-order valence-corrected chi connectivity index (χ1v) is 11.0. The van der Waals surface area contributed by atoms with E-state index in [9.17, 15) is 9.59 Å². The monoisotopic (exact) mass is 437 g/mol. The second kappa shape index (κ2) is 7.93. The highest BCUT2D eigenvalue weighted by atomic mass is 16.6. The second-order valence-electron chi connectivity index (χ2n) is 9.92. The molecule has 4 rings (SSSR count). The van der Waals surface area contributed by atoms with Gasteiger partial charge in [-0.05, 0) is 63.8 Å². The lowest BCUT2D eigenvalue weighted by Crippen LogP contribution is -2.53. The third-order valence-corrected chi connectivity index (χ3v) is 5.96.